The van der Waals surface area contributed by atoms with Gasteiger partial charge in [-0.2, -0.15) is 13.2 Å². The van der Waals surface area contributed by atoms with E-state index in [2.05, 4.69) is 26.1 Å². The van der Waals surface area contributed by atoms with E-state index in [1.807, 2.05) is 9.80 Å². The van der Waals surface area contributed by atoms with Gasteiger partial charge in [0.1, 0.15) is 5.54 Å². The zero-order chi connectivity index (χ0) is 24.0. The van der Waals surface area contributed by atoms with Gasteiger partial charge in [-0.05, 0) is 55.2 Å². The maximum Gasteiger partial charge on any atom is 0.416 e. The third kappa shape index (κ3) is 4.83. The highest BCUT2D eigenvalue weighted by Gasteiger charge is 2.53. The molecule has 3 fully saturated rings. The first-order valence-corrected chi connectivity index (χ1v) is 11.7. The van der Waals surface area contributed by atoms with Crippen LogP contribution < -0.4 is 10.2 Å². The largest absolute Gasteiger partial charge is 0.416 e. The van der Waals surface area contributed by atoms with Crippen LogP contribution in [0.5, 0.6) is 0 Å². The third-order valence-corrected chi connectivity index (χ3v) is 7.56. The Morgan fingerprint density at radius 1 is 1.03 bits per heavy atom. The Hall–Kier alpha value is -2.29. The van der Waals surface area contributed by atoms with Crippen LogP contribution in [0.25, 0.3) is 0 Å². The van der Waals surface area contributed by atoms with E-state index >= 15 is 0 Å². The molecular formula is C24H33F3N4O2. The van der Waals surface area contributed by atoms with Crippen molar-refractivity contribution in [3.63, 3.8) is 0 Å². The van der Waals surface area contributed by atoms with Gasteiger partial charge in [-0.3, -0.25) is 9.69 Å². The van der Waals surface area contributed by atoms with Crippen LogP contribution in [0.15, 0.2) is 24.3 Å². The monoisotopic (exact) mass is 466 g/mol. The van der Waals surface area contributed by atoms with Crippen molar-refractivity contribution < 1.29 is 22.8 Å². The Morgan fingerprint density at radius 2 is 1.67 bits per heavy atom. The van der Waals surface area contributed by atoms with Gasteiger partial charge >= 0.3 is 12.2 Å². The van der Waals surface area contributed by atoms with Crippen molar-refractivity contribution in [2.75, 3.05) is 37.7 Å². The zero-order valence-electron chi connectivity index (χ0n) is 19.5. The average molecular weight is 467 g/mol. The van der Waals surface area contributed by atoms with Gasteiger partial charge in [-0.25, -0.2) is 9.69 Å². The van der Waals surface area contributed by atoms with E-state index in [0.29, 0.717) is 50.6 Å². The zero-order valence-corrected chi connectivity index (χ0v) is 19.5. The molecule has 0 atom stereocenters. The molecule has 0 unspecified atom stereocenters. The lowest BCUT2D eigenvalue weighted by molar-refractivity contribution is -0.137. The molecule has 9 heteroatoms. The molecule has 0 aromatic heterocycles. The second-order valence-corrected chi connectivity index (χ2v) is 10.7. The molecule has 1 spiro atoms. The summed E-state index contributed by atoms with van der Waals surface area (Å²) in [5, 5.41) is 2.98. The van der Waals surface area contributed by atoms with Crippen molar-refractivity contribution in [2.24, 2.45) is 11.3 Å². The Kier molecular flexibility index (Phi) is 6.14. The van der Waals surface area contributed by atoms with Crippen LogP contribution in [0.4, 0.5) is 23.7 Å². The number of amides is 3. The molecule has 2 saturated heterocycles. The number of nitrogens with one attached hydrogen (secondary N) is 1. The van der Waals surface area contributed by atoms with Crippen molar-refractivity contribution in [3.8, 4) is 0 Å². The number of anilines is 1. The van der Waals surface area contributed by atoms with Crippen LogP contribution in [-0.2, 0) is 11.0 Å². The van der Waals surface area contributed by atoms with E-state index in [4.69, 9.17) is 0 Å². The van der Waals surface area contributed by atoms with Crippen LogP contribution >= 0.6 is 0 Å². The number of piperazine rings is 1. The molecule has 1 aromatic carbocycles. The van der Waals surface area contributed by atoms with Gasteiger partial charge < -0.3 is 10.2 Å². The lowest BCUT2D eigenvalue weighted by Crippen LogP contribution is -2.53. The molecule has 33 heavy (non-hydrogen) atoms. The molecule has 1 N–H and O–H groups in total. The van der Waals surface area contributed by atoms with E-state index in [1.54, 1.807) is 6.07 Å². The number of imide groups is 1. The van der Waals surface area contributed by atoms with E-state index in [9.17, 15) is 22.8 Å². The van der Waals surface area contributed by atoms with Crippen molar-refractivity contribution >= 4 is 17.6 Å². The fraction of sp³-hybridized carbons (Fsp3) is 0.667. The lowest BCUT2D eigenvalue weighted by atomic mass is 9.67. The number of urea groups is 1. The summed E-state index contributed by atoms with van der Waals surface area (Å²) in [6, 6.07) is 5.01. The Morgan fingerprint density at radius 3 is 2.24 bits per heavy atom. The van der Waals surface area contributed by atoms with Gasteiger partial charge in [-0.15, -0.1) is 0 Å². The predicted octanol–water partition coefficient (Wildman–Crippen LogP) is 4.31. The molecular weight excluding hydrogens is 433 g/mol. The first-order chi connectivity index (χ1) is 15.4. The molecule has 182 valence electrons. The summed E-state index contributed by atoms with van der Waals surface area (Å²) in [7, 11) is 0. The smallest absolute Gasteiger partial charge is 0.369 e. The summed E-state index contributed by atoms with van der Waals surface area (Å²) in [6.07, 6.45) is -1.21. The number of benzene rings is 1. The van der Waals surface area contributed by atoms with Gasteiger partial charge in [0.05, 0.1) is 12.2 Å². The van der Waals surface area contributed by atoms with E-state index < -0.39 is 17.3 Å². The molecule has 1 saturated carbocycles. The molecule has 0 bridgehead atoms. The Bertz CT molecular complexity index is 896. The van der Waals surface area contributed by atoms with Crippen molar-refractivity contribution in [2.45, 2.75) is 58.2 Å². The van der Waals surface area contributed by atoms with Gasteiger partial charge in [-0.1, -0.05) is 26.8 Å². The fourth-order valence-corrected chi connectivity index (χ4v) is 5.35. The molecule has 1 aliphatic carbocycles. The van der Waals surface area contributed by atoms with Crippen LogP contribution in [0.1, 0.15) is 52.0 Å². The lowest BCUT2D eigenvalue weighted by Gasteiger charge is -2.41. The maximum atomic E-state index is 13.2. The predicted molar refractivity (Wildman–Crippen MR) is 120 cm³/mol. The number of halogens is 3. The quantitative estimate of drug-likeness (QED) is 0.675. The van der Waals surface area contributed by atoms with E-state index in [-0.39, 0.29) is 24.0 Å². The standard InChI is InChI=1S/C24H33F3N4O2/c1-22(2,3)17-7-9-23(10-8-17)20(32)31(21(33)28-23)16-29-11-13-30(14-12-29)19-6-4-5-18(15-19)24(25,26)27/h4-6,15,17H,7-14,16H2,1-3H3,(H,28,33). The molecule has 2 aliphatic heterocycles. The summed E-state index contributed by atoms with van der Waals surface area (Å²) >= 11 is 0. The molecule has 0 radical (unpaired) electrons. The maximum absolute atomic E-state index is 13.2. The van der Waals surface area contributed by atoms with Gasteiger partial charge in [0, 0.05) is 31.9 Å². The van der Waals surface area contributed by atoms with Gasteiger partial charge in [0.2, 0.25) is 0 Å². The molecule has 3 amide bonds. The highest BCUT2D eigenvalue weighted by atomic mass is 19.4. The fourth-order valence-electron chi connectivity index (χ4n) is 5.35. The van der Waals surface area contributed by atoms with Crippen molar-refractivity contribution in [3.05, 3.63) is 29.8 Å². The summed E-state index contributed by atoms with van der Waals surface area (Å²) in [5.74, 6) is 0.394. The number of hydrogen-bond acceptors (Lipinski definition) is 4. The Balaban J connectivity index is 1.34. The van der Waals surface area contributed by atoms with Crippen LogP contribution in [0.2, 0.25) is 0 Å². The summed E-state index contributed by atoms with van der Waals surface area (Å²) in [4.78, 5) is 31.2. The topological polar surface area (TPSA) is 55.9 Å². The second kappa shape index (κ2) is 8.49. The van der Waals surface area contributed by atoms with Crippen LogP contribution in [0, 0.1) is 11.3 Å². The summed E-state index contributed by atoms with van der Waals surface area (Å²) < 4.78 is 39.1. The average Bonchev–Trinajstić information content (AvgIpc) is 2.97. The molecule has 4 rings (SSSR count). The highest BCUT2D eigenvalue weighted by Crippen LogP contribution is 2.43. The van der Waals surface area contributed by atoms with Crippen molar-refractivity contribution in [1.82, 2.24) is 15.1 Å². The number of carbonyl (C=O) groups excluding carboxylic acids is 2. The number of hydrogen-bond donors (Lipinski definition) is 1. The molecule has 3 aliphatic rings. The third-order valence-electron chi connectivity index (χ3n) is 7.56. The second-order valence-electron chi connectivity index (χ2n) is 10.7. The van der Waals surface area contributed by atoms with E-state index in [0.717, 1.165) is 18.9 Å². The number of alkyl halides is 3. The van der Waals surface area contributed by atoms with Crippen molar-refractivity contribution in [1.29, 1.82) is 0 Å². The van der Waals surface area contributed by atoms with E-state index in [1.165, 1.54) is 17.0 Å². The minimum absolute atomic E-state index is 0.139. The molecule has 6 nitrogen and oxygen atoms in total. The first-order valence-electron chi connectivity index (χ1n) is 11.7. The SMILES string of the molecule is CC(C)(C)C1CCC2(CC1)NC(=O)N(CN1CCN(c3cccc(C(F)(F)F)c3)CC1)C2=O. The number of nitrogens with zero attached hydrogens (tertiary/aromatic N) is 3. The summed E-state index contributed by atoms with van der Waals surface area (Å²) in [5.41, 5.74) is -0.715. The van der Waals surface area contributed by atoms with Crippen LogP contribution in [-0.4, -0.2) is 60.1 Å². The normalized spacial score (nSPS) is 27.4. The minimum Gasteiger partial charge on any atom is -0.369 e. The summed E-state index contributed by atoms with van der Waals surface area (Å²) in [6.45, 7) is 9.05. The molecule has 1 aromatic rings. The number of carbonyl (C=O) groups is 2. The molecule has 2 heterocycles. The minimum atomic E-state index is -4.37. The number of rotatable bonds is 3. The van der Waals surface area contributed by atoms with Gasteiger partial charge in [0.25, 0.3) is 5.91 Å². The van der Waals surface area contributed by atoms with Crippen LogP contribution in [0.3, 0.4) is 0 Å². The van der Waals surface area contributed by atoms with Gasteiger partial charge in [0.15, 0.2) is 0 Å². The highest BCUT2D eigenvalue weighted by molar-refractivity contribution is 6.07. The first kappa shape index (κ1) is 23.9. The Labute approximate surface area is 193 Å².